The minimum absolute atomic E-state index is 0.143. The predicted octanol–water partition coefficient (Wildman–Crippen LogP) is 2.76. The zero-order chi connectivity index (χ0) is 19.2. The van der Waals surface area contributed by atoms with Gasteiger partial charge in [0.2, 0.25) is 0 Å². The van der Waals surface area contributed by atoms with Crippen LogP contribution in [0.5, 0.6) is 5.75 Å². The fourth-order valence-corrected chi connectivity index (χ4v) is 2.57. The standard InChI is InChI=1S/C19H27NO6/c1-19(2,3)26-18(23)20-16(17(21)22)11-13-6-8-14(9-7-13)25-12-15-5-4-10-24-15/h6-9,15-16H,4-5,10-12H2,1-3H3,(H,20,23)(H,21,22). The number of hydrogen-bond donors (Lipinski definition) is 2. The van der Waals surface area contributed by atoms with Crippen LogP contribution in [0.1, 0.15) is 39.2 Å². The van der Waals surface area contributed by atoms with Crippen LogP contribution in [0.2, 0.25) is 0 Å². The fourth-order valence-electron chi connectivity index (χ4n) is 2.57. The summed E-state index contributed by atoms with van der Waals surface area (Å²) in [6.45, 7) is 6.46. The van der Waals surface area contributed by atoms with E-state index in [4.69, 9.17) is 14.2 Å². The van der Waals surface area contributed by atoms with Crippen molar-refractivity contribution in [1.29, 1.82) is 0 Å². The third-order valence-corrected chi connectivity index (χ3v) is 3.81. The minimum Gasteiger partial charge on any atom is -0.491 e. The van der Waals surface area contributed by atoms with Crippen molar-refractivity contribution in [3.63, 3.8) is 0 Å². The number of carboxylic acids is 1. The van der Waals surface area contributed by atoms with Crippen molar-refractivity contribution >= 4 is 12.1 Å². The Labute approximate surface area is 153 Å². The Kier molecular flexibility index (Phi) is 6.85. The molecule has 0 aromatic heterocycles. The van der Waals surface area contributed by atoms with Crippen LogP contribution in [0, 0.1) is 0 Å². The van der Waals surface area contributed by atoms with Crippen LogP contribution in [0.15, 0.2) is 24.3 Å². The second-order valence-electron chi connectivity index (χ2n) is 7.33. The molecule has 0 aliphatic carbocycles. The number of carboxylic acid groups (broad SMARTS) is 1. The number of aliphatic carboxylic acids is 1. The van der Waals surface area contributed by atoms with Crippen LogP contribution >= 0.6 is 0 Å². The van der Waals surface area contributed by atoms with E-state index in [1.165, 1.54) is 0 Å². The van der Waals surface area contributed by atoms with E-state index in [1.54, 1.807) is 45.0 Å². The van der Waals surface area contributed by atoms with E-state index < -0.39 is 23.7 Å². The summed E-state index contributed by atoms with van der Waals surface area (Å²) in [5, 5.41) is 11.7. The van der Waals surface area contributed by atoms with Gasteiger partial charge in [-0.1, -0.05) is 12.1 Å². The van der Waals surface area contributed by atoms with E-state index in [0.717, 1.165) is 25.0 Å². The summed E-state index contributed by atoms with van der Waals surface area (Å²) >= 11 is 0. The van der Waals surface area contributed by atoms with Crippen LogP contribution < -0.4 is 10.1 Å². The molecule has 2 N–H and O–H groups in total. The first kappa shape index (κ1) is 20.0. The highest BCUT2D eigenvalue weighted by atomic mass is 16.6. The molecule has 1 fully saturated rings. The second kappa shape index (κ2) is 8.89. The van der Waals surface area contributed by atoms with Crippen LogP contribution in [0.4, 0.5) is 4.79 Å². The van der Waals surface area contributed by atoms with Gasteiger partial charge in [-0.2, -0.15) is 0 Å². The van der Waals surface area contributed by atoms with Crippen LogP contribution in [-0.2, 0) is 20.7 Å². The molecule has 2 atom stereocenters. The molecule has 0 saturated carbocycles. The van der Waals surface area contributed by atoms with Crippen molar-refractivity contribution in [2.75, 3.05) is 13.2 Å². The first-order valence-corrected chi connectivity index (χ1v) is 8.78. The van der Waals surface area contributed by atoms with Gasteiger partial charge >= 0.3 is 12.1 Å². The van der Waals surface area contributed by atoms with Gasteiger partial charge in [0.05, 0.1) is 6.10 Å². The third kappa shape index (κ3) is 6.92. The van der Waals surface area contributed by atoms with Crippen molar-refractivity contribution in [3.8, 4) is 5.75 Å². The number of carbonyl (C=O) groups is 2. The van der Waals surface area contributed by atoms with Crippen LogP contribution in [0.25, 0.3) is 0 Å². The molecule has 7 heteroatoms. The molecule has 0 bridgehead atoms. The van der Waals surface area contributed by atoms with E-state index in [1.807, 2.05) is 0 Å². The highest BCUT2D eigenvalue weighted by Crippen LogP contribution is 2.17. The van der Waals surface area contributed by atoms with Gasteiger partial charge in [0.1, 0.15) is 24.0 Å². The van der Waals surface area contributed by atoms with Gasteiger partial charge in [0.25, 0.3) is 0 Å². The van der Waals surface area contributed by atoms with Crippen LogP contribution in [-0.4, -0.2) is 48.1 Å². The molecule has 26 heavy (non-hydrogen) atoms. The summed E-state index contributed by atoms with van der Waals surface area (Å²) in [5.74, 6) is -0.411. The maximum Gasteiger partial charge on any atom is 0.408 e. The predicted molar refractivity (Wildman–Crippen MR) is 95.4 cm³/mol. The molecule has 1 aromatic rings. The Bertz CT molecular complexity index is 601. The van der Waals surface area contributed by atoms with E-state index in [9.17, 15) is 14.7 Å². The minimum atomic E-state index is -1.12. The summed E-state index contributed by atoms with van der Waals surface area (Å²) in [7, 11) is 0. The maximum atomic E-state index is 11.8. The van der Waals surface area contributed by atoms with Gasteiger partial charge in [0.15, 0.2) is 0 Å². The quantitative estimate of drug-likeness (QED) is 0.772. The van der Waals surface area contributed by atoms with Gasteiger partial charge in [-0.3, -0.25) is 0 Å². The maximum absolute atomic E-state index is 11.8. The van der Waals surface area contributed by atoms with E-state index in [2.05, 4.69) is 5.32 Å². The molecule has 1 saturated heterocycles. The molecule has 2 rings (SSSR count). The van der Waals surface area contributed by atoms with E-state index in [-0.39, 0.29) is 12.5 Å². The molecule has 144 valence electrons. The Balaban J connectivity index is 1.87. The lowest BCUT2D eigenvalue weighted by molar-refractivity contribution is -0.139. The van der Waals surface area contributed by atoms with Crippen molar-refractivity contribution in [2.45, 2.75) is 57.8 Å². The number of carbonyl (C=O) groups excluding carboxylic acids is 1. The molecule has 0 spiro atoms. The topological polar surface area (TPSA) is 94.1 Å². The lowest BCUT2D eigenvalue weighted by Crippen LogP contribution is -2.44. The molecule has 1 amide bonds. The molecule has 7 nitrogen and oxygen atoms in total. The zero-order valence-electron chi connectivity index (χ0n) is 15.5. The van der Waals surface area contributed by atoms with Gasteiger partial charge in [-0.05, 0) is 51.3 Å². The Morgan fingerprint density at radius 3 is 2.54 bits per heavy atom. The summed E-state index contributed by atoms with van der Waals surface area (Å²) in [6, 6.07) is 6.09. The molecular weight excluding hydrogens is 338 g/mol. The SMILES string of the molecule is CC(C)(C)OC(=O)NC(Cc1ccc(OCC2CCCO2)cc1)C(=O)O. The second-order valence-corrected chi connectivity index (χ2v) is 7.33. The fraction of sp³-hybridized carbons (Fsp3) is 0.579. The van der Waals surface area contributed by atoms with Crippen molar-refractivity contribution in [2.24, 2.45) is 0 Å². The summed E-state index contributed by atoms with van der Waals surface area (Å²) in [5.41, 5.74) is 0.0905. The molecule has 1 aliphatic heterocycles. The lowest BCUT2D eigenvalue weighted by atomic mass is 10.1. The van der Waals surface area contributed by atoms with Crippen molar-refractivity contribution in [1.82, 2.24) is 5.32 Å². The Hall–Kier alpha value is -2.28. The molecule has 2 unspecified atom stereocenters. The number of alkyl carbamates (subject to hydrolysis) is 1. The third-order valence-electron chi connectivity index (χ3n) is 3.81. The monoisotopic (exact) mass is 365 g/mol. The Morgan fingerprint density at radius 1 is 1.31 bits per heavy atom. The van der Waals surface area contributed by atoms with Crippen molar-refractivity contribution in [3.05, 3.63) is 29.8 Å². The van der Waals surface area contributed by atoms with Gasteiger partial charge in [-0.25, -0.2) is 9.59 Å². The highest BCUT2D eigenvalue weighted by molar-refractivity contribution is 5.80. The van der Waals surface area contributed by atoms with Gasteiger partial charge < -0.3 is 24.6 Å². The van der Waals surface area contributed by atoms with E-state index >= 15 is 0 Å². The summed E-state index contributed by atoms with van der Waals surface area (Å²) < 4.78 is 16.3. The smallest absolute Gasteiger partial charge is 0.408 e. The molecule has 1 aliphatic rings. The number of amides is 1. The zero-order valence-corrected chi connectivity index (χ0v) is 15.5. The average molecular weight is 365 g/mol. The molecule has 0 radical (unpaired) electrons. The molecule has 1 heterocycles. The Morgan fingerprint density at radius 2 is 2.00 bits per heavy atom. The number of ether oxygens (including phenoxy) is 3. The number of nitrogens with one attached hydrogen (secondary N) is 1. The van der Waals surface area contributed by atoms with Gasteiger partial charge in [-0.15, -0.1) is 0 Å². The normalized spacial score (nSPS) is 18.2. The first-order valence-electron chi connectivity index (χ1n) is 8.78. The van der Waals surface area contributed by atoms with Crippen LogP contribution in [0.3, 0.4) is 0 Å². The summed E-state index contributed by atoms with van der Waals surface area (Å²) in [6.07, 6.45) is 1.62. The number of rotatable bonds is 7. The van der Waals surface area contributed by atoms with Gasteiger partial charge in [0, 0.05) is 13.0 Å². The van der Waals surface area contributed by atoms with Crippen molar-refractivity contribution < 1.29 is 28.9 Å². The number of hydrogen-bond acceptors (Lipinski definition) is 5. The lowest BCUT2D eigenvalue weighted by Gasteiger charge is -2.22. The first-order chi connectivity index (χ1) is 12.2. The number of benzene rings is 1. The summed E-state index contributed by atoms with van der Waals surface area (Å²) in [4.78, 5) is 23.2. The molecular formula is C19H27NO6. The highest BCUT2D eigenvalue weighted by Gasteiger charge is 2.24. The van der Waals surface area contributed by atoms with E-state index in [0.29, 0.717) is 12.4 Å². The largest absolute Gasteiger partial charge is 0.491 e. The molecule has 1 aromatic carbocycles. The average Bonchev–Trinajstić information content (AvgIpc) is 3.05.